The van der Waals surface area contributed by atoms with Crippen LogP contribution in [0.25, 0.3) is 0 Å². The molecule has 3 unspecified atom stereocenters. The molecule has 0 spiro atoms. The highest BCUT2D eigenvalue weighted by atomic mass is 16.5. The van der Waals surface area contributed by atoms with Gasteiger partial charge in [0.25, 0.3) is 0 Å². The number of carbonyl (C=O) groups excluding carboxylic acids is 1. The quantitative estimate of drug-likeness (QED) is 0.812. The maximum atomic E-state index is 11.0. The molecule has 6 nitrogen and oxygen atoms in total. The molecule has 1 aliphatic carbocycles. The summed E-state index contributed by atoms with van der Waals surface area (Å²) in [6, 6.07) is 4.23. The zero-order valence-electron chi connectivity index (χ0n) is 14.0. The fraction of sp³-hybridized carbons (Fsp3) is 0.706. The van der Waals surface area contributed by atoms with Crippen molar-refractivity contribution in [3.8, 4) is 0 Å². The van der Waals surface area contributed by atoms with Crippen LogP contribution in [-0.4, -0.2) is 61.6 Å². The number of morpholine rings is 1. The molecule has 3 atom stereocenters. The average Bonchev–Trinajstić information content (AvgIpc) is 3.02. The fourth-order valence-electron chi connectivity index (χ4n) is 3.33. The van der Waals surface area contributed by atoms with E-state index < -0.39 is 0 Å². The van der Waals surface area contributed by atoms with Crippen LogP contribution in [0.2, 0.25) is 0 Å². The lowest BCUT2D eigenvalue weighted by molar-refractivity contribution is -0.119. The molecule has 23 heavy (non-hydrogen) atoms. The highest BCUT2D eigenvalue weighted by molar-refractivity contribution is 5.75. The molecule has 2 N–H and O–H groups in total. The standard InChI is InChI=1S/C17H27N3O3/c1-12-7-15(12)16-4-3-13(23-16)9-20-5-6-22-14(10-20)8-19(2)11-17(18)21/h3-4,12,14-15H,5-11H2,1-2H3,(H2,18,21). The highest BCUT2D eigenvalue weighted by Crippen LogP contribution is 2.47. The van der Waals surface area contributed by atoms with Crippen molar-refractivity contribution in [3.63, 3.8) is 0 Å². The van der Waals surface area contributed by atoms with Gasteiger partial charge in [0.05, 0.1) is 25.8 Å². The Hall–Kier alpha value is -1.37. The summed E-state index contributed by atoms with van der Waals surface area (Å²) in [5.41, 5.74) is 5.23. The molecule has 128 valence electrons. The average molecular weight is 321 g/mol. The minimum absolute atomic E-state index is 0.103. The summed E-state index contributed by atoms with van der Waals surface area (Å²) < 4.78 is 11.8. The van der Waals surface area contributed by atoms with Crippen LogP contribution < -0.4 is 5.73 Å². The summed E-state index contributed by atoms with van der Waals surface area (Å²) >= 11 is 0. The number of nitrogens with zero attached hydrogens (tertiary/aromatic N) is 2. The Labute approximate surface area is 137 Å². The molecule has 0 bridgehead atoms. The third-order valence-corrected chi connectivity index (χ3v) is 4.70. The SMILES string of the molecule is CC1CC1c1ccc(CN2CCOC(CN(C)CC(N)=O)C2)o1. The fourth-order valence-corrected chi connectivity index (χ4v) is 3.33. The van der Waals surface area contributed by atoms with Crippen LogP contribution in [0.15, 0.2) is 16.5 Å². The first-order valence-electron chi connectivity index (χ1n) is 8.40. The normalized spacial score (nSPS) is 28.2. The van der Waals surface area contributed by atoms with E-state index in [1.54, 1.807) is 0 Å². The molecule has 6 heteroatoms. The van der Waals surface area contributed by atoms with E-state index >= 15 is 0 Å². The molecule has 1 aliphatic heterocycles. The molecule has 1 amide bonds. The lowest BCUT2D eigenvalue weighted by atomic mass is 10.2. The Morgan fingerprint density at radius 3 is 2.96 bits per heavy atom. The van der Waals surface area contributed by atoms with Crippen molar-refractivity contribution in [2.45, 2.75) is 31.9 Å². The number of amides is 1. The minimum Gasteiger partial charge on any atom is -0.464 e. The number of hydrogen-bond acceptors (Lipinski definition) is 5. The second kappa shape index (κ2) is 7.03. The van der Waals surface area contributed by atoms with Crippen LogP contribution in [0, 0.1) is 5.92 Å². The van der Waals surface area contributed by atoms with E-state index in [-0.39, 0.29) is 18.6 Å². The van der Waals surface area contributed by atoms with Gasteiger partial charge in [-0.15, -0.1) is 0 Å². The third-order valence-electron chi connectivity index (χ3n) is 4.70. The molecule has 1 saturated heterocycles. The van der Waals surface area contributed by atoms with Crippen molar-refractivity contribution in [2.75, 3.05) is 39.8 Å². The van der Waals surface area contributed by atoms with Gasteiger partial charge in [0.2, 0.25) is 5.91 Å². The number of furan rings is 1. The number of rotatable bonds is 7. The minimum atomic E-state index is -0.308. The first-order valence-corrected chi connectivity index (χ1v) is 8.40. The molecule has 1 aromatic rings. The van der Waals surface area contributed by atoms with Crippen molar-refractivity contribution < 1.29 is 13.9 Å². The van der Waals surface area contributed by atoms with Gasteiger partial charge >= 0.3 is 0 Å². The summed E-state index contributed by atoms with van der Waals surface area (Å²) in [7, 11) is 1.89. The molecule has 2 heterocycles. The maximum Gasteiger partial charge on any atom is 0.231 e. The number of carbonyl (C=O) groups is 1. The Morgan fingerprint density at radius 1 is 1.48 bits per heavy atom. The first kappa shape index (κ1) is 16.5. The van der Waals surface area contributed by atoms with Crippen molar-refractivity contribution in [1.29, 1.82) is 0 Å². The molecular formula is C17H27N3O3. The molecular weight excluding hydrogens is 294 g/mol. The number of hydrogen-bond donors (Lipinski definition) is 1. The van der Waals surface area contributed by atoms with Crippen molar-refractivity contribution in [2.24, 2.45) is 11.7 Å². The molecule has 2 fully saturated rings. The van der Waals surface area contributed by atoms with Gasteiger partial charge in [0.1, 0.15) is 11.5 Å². The number of likely N-dealkylation sites (N-methyl/N-ethyl adjacent to an activating group) is 1. The third kappa shape index (κ3) is 4.56. The van der Waals surface area contributed by atoms with Crippen LogP contribution in [0.3, 0.4) is 0 Å². The van der Waals surface area contributed by atoms with E-state index in [2.05, 4.69) is 24.0 Å². The summed E-state index contributed by atoms with van der Waals surface area (Å²) in [6.07, 6.45) is 1.35. The van der Waals surface area contributed by atoms with Gasteiger partial charge in [-0.3, -0.25) is 14.6 Å². The Balaban J connectivity index is 1.48. The zero-order chi connectivity index (χ0) is 16.4. The molecule has 2 aliphatic rings. The molecule has 0 radical (unpaired) electrons. The van der Waals surface area contributed by atoms with Crippen LogP contribution in [-0.2, 0) is 16.1 Å². The smallest absolute Gasteiger partial charge is 0.231 e. The highest BCUT2D eigenvalue weighted by Gasteiger charge is 2.36. The van der Waals surface area contributed by atoms with Crippen LogP contribution >= 0.6 is 0 Å². The number of nitrogens with two attached hydrogens (primary N) is 1. The predicted octanol–water partition coefficient (Wildman–Crippen LogP) is 1.02. The van der Waals surface area contributed by atoms with E-state index in [9.17, 15) is 4.79 Å². The van der Waals surface area contributed by atoms with E-state index in [1.165, 1.54) is 6.42 Å². The largest absolute Gasteiger partial charge is 0.464 e. The van der Waals surface area contributed by atoms with Gasteiger partial charge in [-0.2, -0.15) is 0 Å². The van der Waals surface area contributed by atoms with Gasteiger partial charge < -0.3 is 14.9 Å². The Morgan fingerprint density at radius 2 is 2.26 bits per heavy atom. The molecule has 3 rings (SSSR count). The van der Waals surface area contributed by atoms with Crippen molar-refractivity contribution in [3.05, 3.63) is 23.7 Å². The summed E-state index contributed by atoms with van der Waals surface area (Å²) in [5, 5.41) is 0. The van der Waals surface area contributed by atoms with E-state index in [1.807, 2.05) is 11.9 Å². The summed E-state index contributed by atoms with van der Waals surface area (Å²) in [5.74, 6) is 3.26. The zero-order valence-corrected chi connectivity index (χ0v) is 14.0. The second-order valence-electron chi connectivity index (χ2n) is 7.01. The number of ether oxygens (including phenoxy) is 1. The monoisotopic (exact) mass is 321 g/mol. The Bertz CT molecular complexity index is 545. The van der Waals surface area contributed by atoms with Crippen molar-refractivity contribution >= 4 is 5.91 Å². The van der Waals surface area contributed by atoms with Gasteiger partial charge in [0.15, 0.2) is 0 Å². The Kier molecular flexibility index (Phi) is 5.04. The second-order valence-corrected chi connectivity index (χ2v) is 7.01. The van der Waals surface area contributed by atoms with Gasteiger partial charge in [-0.05, 0) is 31.5 Å². The van der Waals surface area contributed by atoms with Gasteiger partial charge in [-0.1, -0.05) is 6.92 Å². The van der Waals surface area contributed by atoms with Gasteiger partial charge in [0, 0.05) is 25.6 Å². The van der Waals surface area contributed by atoms with Crippen LogP contribution in [0.1, 0.15) is 30.8 Å². The van der Waals surface area contributed by atoms with E-state index in [0.29, 0.717) is 19.1 Å². The summed E-state index contributed by atoms with van der Waals surface area (Å²) in [6.45, 7) is 6.53. The molecule has 1 saturated carbocycles. The maximum absolute atomic E-state index is 11.0. The van der Waals surface area contributed by atoms with Crippen molar-refractivity contribution in [1.82, 2.24) is 9.80 Å². The topological polar surface area (TPSA) is 71.9 Å². The number of primary amides is 1. The summed E-state index contributed by atoms with van der Waals surface area (Å²) in [4.78, 5) is 15.2. The lowest BCUT2D eigenvalue weighted by Gasteiger charge is -2.34. The first-order chi connectivity index (χ1) is 11.0. The van der Waals surface area contributed by atoms with E-state index in [0.717, 1.165) is 37.1 Å². The van der Waals surface area contributed by atoms with Crippen LogP contribution in [0.5, 0.6) is 0 Å². The molecule has 0 aromatic carbocycles. The lowest BCUT2D eigenvalue weighted by Crippen LogP contribution is -2.47. The van der Waals surface area contributed by atoms with Crippen LogP contribution in [0.4, 0.5) is 0 Å². The van der Waals surface area contributed by atoms with E-state index in [4.69, 9.17) is 14.9 Å². The molecule has 1 aromatic heterocycles. The van der Waals surface area contributed by atoms with Gasteiger partial charge in [-0.25, -0.2) is 0 Å². The predicted molar refractivity (Wildman–Crippen MR) is 86.9 cm³/mol.